The van der Waals surface area contributed by atoms with Crippen LogP contribution in [0.15, 0.2) is 34.9 Å². The fourth-order valence-electron chi connectivity index (χ4n) is 3.10. The molecule has 2 heterocycles. The summed E-state index contributed by atoms with van der Waals surface area (Å²) in [6, 6.07) is 10.7. The molecule has 4 heteroatoms. The molecule has 4 nitrogen and oxygen atoms in total. The lowest BCUT2D eigenvalue weighted by atomic mass is 10.1. The van der Waals surface area contributed by atoms with Crippen molar-refractivity contribution in [1.82, 2.24) is 10.1 Å². The summed E-state index contributed by atoms with van der Waals surface area (Å²) in [5.74, 6) is 1.97. The number of likely N-dealkylation sites (tertiary alicyclic amines) is 1. The lowest BCUT2D eigenvalue weighted by Crippen LogP contribution is -2.23. The van der Waals surface area contributed by atoms with E-state index in [2.05, 4.69) is 48.2 Å². The van der Waals surface area contributed by atoms with E-state index in [4.69, 9.17) is 9.26 Å². The third-order valence-corrected chi connectivity index (χ3v) is 4.05. The fourth-order valence-corrected chi connectivity index (χ4v) is 3.10. The van der Waals surface area contributed by atoms with Crippen LogP contribution in [0.4, 0.5) is 0 Å². The van der Waals surface area contributed by atoms with Crippen molar-refractivity contribution in [1.29, 1.82) is 0 Å². The van der Waals surface area contributed by atoms with Crippen LogP contribution >= 0.6 is 0 Å². The molecule has 0 aliphatic carbocycles. The summed E-state index contributed by atoms with van der Waals surface area (Å²) in [4.78, 5) is 2.46. The van der Waals surface area contributed by atoms with E-state index in [1.165, 1.54) is 12.0 Å². The zero-order chi connectivity index (χ0) is 15.5. The van der Waals surface area contributed by atoms with E-state index in [9.17, 15) is 0 Å². The largest absolute Gasteiger partial charge is 0.491 e. The molecule has 118 valence electrons. The van der Waals surface area contributed by atoms with E-state index < -0.39 is 0 Å². The molecule has 1 aliphatic rings. The molecule has 22 heavy (non-hydrogen) atoms. The third-order valence-electron chi connectivity index (χ3n) is 4.05. The van der Waals surface area contributed by atoms with E-state index >= 15 is 0 Å². The Morgan fingerprint density at radius 2 is 2.18 bits per heavy atom. The van der Waals surface area contributed by atoms with E-state index in [-0.39, 0.29) is 6.10 Å². The standard InChI is InChI=1S/C18H24N2O2/c1-13(2)21-17-9-5-4-7-15(17)12-20-10-6-8-16(20)18-11-14(3)19-22-18/h4-5,7,9,11,13,16H,6,8,10,12H2,1-3H3. The lowest BCUT2D eigenvalue weighted by Gasteiger charge is -2.24. The highest BCUT2D eigenvalue weighted by molar-refractivity contribution is 5.33. The summed E-state index contributed by atoms with van der Waals surface area (Å²) in [6.45, 7) is 8.06. The van der Waals surface area contributed by atoms with Gasteiger partial charge in [-0.2, -0.15) is 0 Å². The van der Waals surface area contributed by atoms with Crippen molar-refractivity contribution in [2.24, 2.45) is 0 Å². The highest BCUT2D eigenvalue weighted by Gasteiger charge is 2.29. The van der Waals surface area contributed by atoms with E-state index in [1.807, 2.05) is 13.0 Å². The van der Waals surface area contributed by atoms with Gasteiger partial charge in [-0.1, -0.05) is 23.4 Å². The molecule has 1 aromatic heterocycles. The van der Waals surface area contributed by atoms with E-state index in [0.717, 1.165) is 36.7 Å². The summed E-state index contributed by atoms with van der Waals surface area (Å²) < 4.78 is 11.4. The topological polar surface area (TPSA) is 38.5 Å². The Morgan fingerprint density at radius 1 is 1.36 bits per heavy atom. The molecule has 1 fully saturated rings. The third kappa shape index (κ3) is 3.33. The average molecular weight is 300 g/mol. The van der Waals surface area contributed by atoms with Crippen LogP contribution in [0, 0.1) is 6.92 Å². The first kappa shape index (κ1) is 15.1. The van der Waals surface area contributed by atoms with Crippen molar-refractivity contribution >= 4 is 0 Å². The number of hydrogen-bond donors (Lipinski definition) is 0. The van der Waals surface area contributed by atoms with Crippen LogP contribution in [0.25, 0.3) is 0 Å². The predicted octanol–water partition coefficient (Wildman–Crippen LogP) is 4.11. The molecular formula is C18H24N2O2. The number of aromatic nitrogens is 1. The first-order valence-electron chi connectivity index (χ1n) is 8.05. The minimum Gasteiger partial charge on any atom is -0.491 e. The van der Waals surface area contributed by atoms with Crippen molar-refractivity contribution < 1.29 is 9.26 Å². The van der Waals surface area contributed by atoms with E-state index in [1.54, 1.807) is 0 Å². The van der Waals surface area contributed by atoms with Gasteiger partial charge in [0.05, 0.1) is 17.8 Å². The van der Waals surface area contributed by atoms with Crippen LogP contribution in [0.3, 0.4) is 0 Å². The van der Waals surface area contributed by atoms with Gasteiger partial charge in [0.25, 0.3) is 0 Å². The van der Waals surface area contributed by atoms with Crippen LogP contribution in [0.5, 0.6) is 5.75 Å². The van der Waals surface area contributed by atoms with Crippen molar-refractivity contribution in [3.05, 3.63) is 47.3 Å². The van der Waals surface area contributed by atoms with Gasteiger partial charge in [0.15, 0.2) is 5.76 Å². The maximum absolute atomic E-state index is 5.94. The summed E-state index contributed by atoms with van der Waals surface area (Å²) in [5.41, 5.74) is 2.18. The molecule has 1 unspecified atom stereocenters. The maximum Gasteiger partial charge on any atom is 0.154 e. The molecular weight excluding hydrogens is 276 g/mol. The molecule has 2 aromatic rings. The van der Waals surface area contributed by atoms with Gasteiger partial charge in [0.2, 0.25) is 0 Å². The van der Waals surface area contributed by atoms with Gasteiger partial charge < -0.3 is 9.26 Å². The summed E-state index contributed by atoms with van der Waals surface area (Å²) in [6.07, 6.45) is 2.51. The van der Waals surface area contributed by atoms with Crippen LogP contribution in [-0.4, -0.2) is 22.7 Å². The normalized spacial score (nSPS) is 19.0. The van der Waals surface area contributed by atoms with Gasteiger partial charge in [-0.05, 0) is 46.2 Å². The smallest absolute Gasteiger partial charge is 0.154 e. The summed E-state index contributed by atoms with van der Waals surface area (Å²) >= 11 is 0. The number of hydrogen-bond acceptors (Lipinski definition) is 4. The maximum atomic E-state index is 5.94. The SMILES string of the molecule is Cc1cc(C2CCCN2Cc2ccccc2OC(C)C)on1. The number of benzene rings is 1. The monoisotopic (exact) mass is 300 g/mol. The first-order chi connectivity index (χ1) is 10.6. The molecule has 0 N–H and O–H groups in total. The second-order valence-electron chi connectivity index (χ2n) is 6.27. The number of ether oxygens (including phenoxy) is 1. The lowest BCUT2D eigenvalue weighted by molar-refractivity contribution is 0.197. The van der Waals surface area contributed by atoms with E-state index in [0.29, 0.717) is 6.04 Å². The molecule has 1 atom stereocenters. The predicted molar refractivity (Wildman–Crippen MR) is 85.8 cm³/mol. The number of rotatable bonds is 5. The number of aryl methyl sites for hydroxylation is 1. The van der Waals surface area contributed by atoms with Crippen LogP contribution in [0.2, 0.25) is 0 Å². The van der Waals surface area contributed by atoms with Crippen LogP contribution in [0.1, 0.15) is 49.7 Å². The highest BCUT2D eigenvalue weighted by Crippen LogP contribution is 2.34. The quantitative estimate of drug-likeness (QED) is 0.833. The van der Waals surface area contributed by atoms with Gasteiger partial charge in [-0.3, -0.25) is 4.90 Å². The molecule has 0 spiro atoms. The second-order valence-corrected chi connectivity index (χ2v) is 6.27. The molecule has 0 saturated carbocycles. The fraction of sp³-hybridized carbons (Fsp3) is 0.500. The Labute approximate surface area is 132 Å². The summed E-state index contributed by atoms with van der Waals surface area (Å²) in [7, 11) is 0. The first-order valence-corrected chi connectivity index (χ1v) is 8.05. The van der Waals surface area contributed by atoms with Crippen LogP contribution in [-0.2, 0) is 6.54 Å². The van der Waals surface area contributed by atoms with Gasteiger partial charge in [0.1, 0.15) is 5.75 Å². The second kappa shape index (κ2) is 6.53. The van der Waals surface area contributed by atoms with Gasteiger partial charge in [0, 0.05) is 18.2 Å². The zero-order valence-corrected chi connectivity index (χ0v) is 13.6. The molecule has 3 rings (SSSR count). The van der Waals surface area contributed by atoms with Crippen LogP contribution < -0.4 is 4.74 Å². The Hall–Kier alpha value is -1.81. The Morgan fingerprint density at radius 3 is 2.91 bits per heavy atom. The van der Waals surface area contributed by atoms with Crippen molar-refractivity contribution in [3.8, 4) is 5.75 Å². The molecule has 1 saturated heterocycles. The van der Waals surface area contributed by atoms with Crippen molar-refractivity contribution in [2.75, 3.05) is 6.54 Å². The number of para-hydroxylation sites is 1. The molecule has 0 bridgehead atoms. The number of nitrogens with zero attached hydrogens (tertiary/aromatic N) is 2. The van der Waals surface area contributed by atoms with Gasteiger partial charge in [-0.25, -0.2) is 0 Å². The Bertz CT molecular complexity index is 621. The molecule has 1 aromatic carbocycles. The molecule has 0 amide bonds. The minimum absolute atomic E-state index is 0.187. The Balaban J connectivity index is 1.77. The summed E-state index contributed by atoms with van der Waals surface area (Å²) in [5, 5.41) is 4.03. The minimum atomic E-state index is 0.187. The average Bonchev–Trinajstić information content (AvgIpc) is 3.09. The van der Waals surface area contributed by atoms with Gasteiger partial charge >= 0.3 is 0 Å². The van der Waals surface area contributed by atoms with Crippen molar-refractivity contribution in [2.45, 2.75) is 52.3 Å². The Kier molecular flexibility index (Phi) is 4.48. The zero-order valence-electron chi connectivity index (χ0n) is 13.6. The highest BCUT2D eigenvalue weighted by atomic mass is 16.5. The van der Waals surface area contributed by atoms with Crippen molar-refractivity contribution in [3.63, 3.8) is 0 Å². The molecule has 0 radical (unpaired) electrons. The van der Waals surface area contributed by atoms with Gasteiger partial charge in [-0.15, -0.1) is 0 Å². The molecule has 1 aliphatic heterocycles.